The molecule has 0 bridgehead atoms. The summed E-state index contributed by atoms with van der Waals surface area (Å²) < 4.78 is 4.87. The van der Waals surface area contributed by atoms with Crippen LogP contribution in [0.3, 0.4) is 0 Å². The number of ether oxygens (including phenoxy) is 1. The van der Waals surface area contributed by atoms with Crippen LogP contribution in [0.4, 0.5) is 5.69 Å². The molecule has 5 nitrogen and oxygen atoms in total. The summed E-state index contributed by atoms with van der Waals surface area (Å²) in [5.41, 5.74) is 6.94. The third-order valence-electron chi connectivity index (χ3n) is 2.62. The first kappa shape index (κ1) is 16.7. The van der Waals surface area contributed by atoms with Crippen molar-refractivity contribution < 1.29 is 9.53 Å². The van der Waals surface area contributed by atoms with Gasteiger partial charge in [-0.3, -0.25) is 4.79 Å². The molecule has 4 N–H and O–H groups in total. The Bertz CT molecular complexity index is 497. The van der Waals surface area contributed by atoms with E-state index in [1.807, 2.05) is 0 Å². The van der Waals surface area contributed by atoms with E-state index < -0.39 is 6.04 Å². The standard InChI is InChI=1S/C13H18ClN3O2S/c1-8(13(18)16-5-6-19-2)17-11-7-9(14)3-4-10(11)12(15)20/h3-4,7-8,17H,5-6H2,1-2H3,(H2,15,20)(H,16,18). The molecule has 1 aromatic rings. The van der Waals surface area contributed by atoms with Crippen molar-refractivity contribution in [3.05, 3.63) is 28.8 Å². The summed E-state index contributed by atoms with van der Waals surface area (Å²) in [4.78, 5) is 12.1. The fourth-order valence-electron chi connectivity index (χ4n) is 1.58. The predicted octanol–water partition coefficient (Wildman–Crippen LogP) is 1.54. The molecule has 0 radical (unpaired) electrons. The van der Waals surface area contributed by atoms with Crippen molar-refractivity contribution in [2.75, 3.05) is 25.6 Å². The van der Waals surface area contributed by atoms with Gasteiger partial charge in [-0.15, -0.1) is 0 Å². The van der Waals surface area contributed by atoms with Gasteiger partial charge in [-0.25, -0.2) is 0 Å². The number of amides is 1. The second kappa shape index (κ2) is 8.04. The highest BCUT2D eigenvalue weighted by Crippen LogP contribution is 2.21. The van der Waals surface area contributed by atoms with Crippen molar-refractivity contribution >= 4 is 40.4 Å². The van der Waals surface area contributed by atoms with Crippen LogP contribution < -0.4 is 16.4 Å². The van der Waals surface area contributed by atoms with E-state index in [4.69, 9.17) is 34.3 Å². The smallest absolute Gasteiger partial charge is 0.242 e. The first-order chi connectivity index (χ1) is 9.45. The van der Waals surface area contributed by atoms with E-state index >= 15 is 0 Å². The number of nitrogens with one attached hydrogen (secondary N) is 2. The third-order valence-corrected chi connectivity index (χ3v) is 3.07. The maximum Gasteiger partial charge on any atom is 0.242 e. The number of halogens is 1. The average molecular weight is 316 g/mol. The molecule has 0 saturated carbocycles. The summed E-state index contributed by atoms with van der Waals surface area (Å²) in [6, 6.07) is 4.67. The molecule has 0 saturated heterocycles. The van der Waals surface area contributed by atoms with Crippen molar-refractivity contribution in [3.8, 4) is 0 Å². The first-order valence-corrected chi connectivity index (χ1v) is 6.87. The van der Waals surface area contributed by atoms with Crippen LogP contribution in [-0.2, 0) is 9.53 Å². The molecule has 0 aliphatic rings. The van der Waals surface area contributed by atoms with Crippen LogP contribution >= 0.6 is 23.8 Å². The SMILES string of the molecule is COCCNC(=O)C(C)Nc1cc(Cl)ccc1C(N)=S. The fraction of sp³-hybridized carbons (Fsp3) is 0.385. The average Bonchev–Trinajstić information content (AvgIpc) is 2.38. The Hall–Kier alpha value is -1.37. The molecule has 20 heavy (non-hydrogen) atoms. The van der Waals surface area contributed by atoms with Gasteiger partial charge in [-0.2, -0.15) is 0 Å². The highest BCUT2D eigenvalue weighted by atomic mass is 35.5. The molecule has 0 spiro atoms. The molecule has 1 amide bonds. The van der Waals surface area contributed by atoms with E-state index in [0.29, 0.717) is 29.4 Å². The lowest BCUT2D eigenvalue weighted by Gasteiger charge is -2.17. The highest BCUT2D eigenvalue weighted by Gasteiger charge is 2.14. The number of hydrogen-bond donors (Lipinski definition) is 3. The Kier molecular flexibility index (Phi) is 6.70. The van der Waals surface area contributed by atoms with E-state index in [0.717, 1.165) is 0 Å². The number of carbonyl (C=O) groups excluding carboxylic acids is 1. The molecule has 1 atom stereocenters. The van der Waals surface area contributed by atoms with Crippen LogP contribution in [0.15, 0.2) is 18.2 Å². The summed E-state index contributed by atoms with van der Waals surface area (Å²) in [7, 11) is 1.58. The van der Waals surface area contributed by atoms with Gasteiger partial charge in [-0.05, 0) is 25.1 Å². The van der Waals surface area contributed by atoms with Gasteiger partial charge >= 0.3 is 0 Å². The van der Waals surface area contributed by atoms with E-state index in [2.05, 4.69) is 10.6 Å². The summed E-state index contributed by atoms with van der Waals surface area (Å²) in [5, 5.41) is 6.34. The molecule has 110 valence electrons. The number of hydrogen-bond acceptors (Lipinski definition) is 4. The maximum atomic E-state index is 11.9. The Labute approximate surface area is 128 Å². The Morgan fingerprint density at radius 3 is 2.85 bits per heavy atom. The topological polar surface area (TPSA) is 76.4 Å². The number of carbonyl (C=O) groups is 1. The molecule has 0 aromatic heterocycles. The largest absolute Gasteiger partial charge is 0.389 e. The molecule has 0 aliphatic carbocycles. The molecule has 0 aliphatic heterocycles. The van der Waals surface area contributed by atoms with Crippen molar-refractivity contribution in [1.82, 2.24) is 5.32 Å². The monoisotopic (exact) mass is 315 g/mol. The van der Waals surface area contributed by atoms with Gasteiger partial charge in [0.2, 0.25) is 5.91 Å². The summed E-state index contributed by atoms with van der Waals surface area (Å²) in [6.45, 7) is 2.67. The van der Waals surface area contributed by atoms with E-state index in [-0.39, 0.29) is 10.9 Å². The molecule has 7 heteroatoms. The Morgan fingerprint density at radius 1 is 1.55 bits per heavy atom. The van der Waals surface area contributed by atoms with Crippen molar-refractivity contribution in [3.63, 3.8) is 0 Å². The van der Waals surface area contributed by atoms with E-state index in [9.17, 15) is 4.79 Å². The van der Waals surface area contributed by atoms with Crippen LogP contribution in [0.5, 0.6) is 0 Å². The number of methoxy groups -OCH3 is 1. The minimum atomic E-state index is -0.446. The maximum absolute atomic E-state index is 11.9. The van der Waals surface area contributed by atoms with E-state index in [1.165, 1.54) is 0 Å². The Balaban J connectivity index is 2.74. The third kappa shape index (κ3) is 4.96. The van der Waals surface area contributed by atoms with Gasteiger partial charge in [0.25, 0.3) is 0 Å². The molecular weight excluding hydrogens is 298 g/mol. The molecule has 0 heterocycles. The number of nitrogens with two attached hydrogens (primary N) is 1. The van der Waals surface area contributed by atoms with Crippen LogP contribution in [-0.4, -0.2) is 37.2 Å². The highest BCUT2D eigenvalue weighted by molar-refractivity contribution is 7.80. The van der Waals surface area contributed by atoms with Gasteiger partial charge in [0.1, 0.15) is 11.0 Å². The lowest BCUT2D eigenvalue weighted by atomic mass is 10.1. The predicted molar refractivity (Wildman–Crippen MR) is 85.3 cm³/mol. The van der Waals surface area contributed by atoms with Crippen molar-refractivity contribution in [1.29, 1.82) is 0 Å². The quantitative estimate of drug-likeness (QED) is 0.525. The number of thiocarbonyl (C=S) groups is 1. The van der Waals surface area contributed by atoms with Crippen molar-refractivity contribution in [2.24, 2.45) is 5.73 Å². The van der Waals surface area contributed by atoms with Crippen molar-refractivity contribution in [2.45, 2.75) is 13.0 Å². The molecule has 1 aromatic carbocycles. The summed E-state index contributed by atoms with van der Waals surface area (Å²) >= 11 is 10.9. The zero-order valence-corrected chi connectivity index (χ0v) is 13.0. The Morgan fingerprint density at radius 2 is 2.25 bits per heavy atom. The van der Waals surface area contributed by atoms with Crippen LogP contribution in [0.1, 0.15) is 12.5 Å². The number of anilines is 1. The minimum Gasteiger partial charge on any atom is -0.389 e. The van der Waals surface area contributed by atoms with Gasteiger partial charge in [0, 0.05) is 29.9 Å². The number of rotatable bonds is 7. The second-order valence-corrected chi connectivity index (χ2v) is 5.08. The number of benzene rings is 1. The normalized spacial score (nSPS) is 11.8. The van der Waals surface area contributed by atoms with E-state index in [1.54, 1.807) is 32.2 Å². The zero-order valence-electron chi connectivity index (χ0n) is 11.4. The molecule has 1 unspecified atom stereocenters. The van der Waals surface area contributed by atoms with Crippen LogP contribution in [0, 0.1) is 0 Å². The minimum absolute atomic E-state index is 0.143. The fourth-order valence-corrected chi connectivity index (χ4v) is 1.93. The molecule has 1 rings (SSSR count). The second-order valence-electron chi connectivity index (χ2n) is 4.20. The molecular formula is C13H18ClN3O2S. The van der Waals surface area contributed by atoms with Gasteiger partial charge in [0.15, 0.2) is 0 Å². The summed E-state index contributed by atoms with van der Waals surface area (Å²) in [5.74, 6) is -0.143. The van der Waals surface area contributed by atoms with Gasteiger partial charge in [-0.1, -0.05) is 23.8 Å². The van der Waals surface area contributed by atoms with Crippen LogP contribution in [0.2, 0.25) is 5.02 Å². The molecule has 0 fully saturated rings. The van der Waals surface area contributed by atoms with Crippen LogP contribution in [0.25, 0.3) is 0 Å². The zero-order chi connectivity index (χ0) is 15.1. The first-order valence-electron chi connectivity index (χ1n) is 6.08. The van der Waals surface area contributed by atoms with Gasteiger partial charge < -0.3 is 21.1 Å². The lowest BCUT2D eigenvalue weighted by molar-refractivity contribution is -0.121. The van der Waals surface area contributed by atoms with Gasteiger partial charge in [0.05, 0.1) is 6.61 Å². The summed E-state index contributed by atoms with van der Waals surface area (Å²) in [6.07, 6.45) is 0. The lowest BCUT2D eigenvalue weighted by Crippen LogP contribution is -2.39.